The number of imidazole rings is 1. The maximum atomic E-state index is 4.89. The number of anilines is 1. The predicted molar refractivity (Wildman–Crippen MR) is 81.1 cm³/mol. The van der Waals surface area contributed by atoms with Crippen molar-refractivity contribution < 1.29 is 0 Å². The first-order valence-electron chi connectivity index (χ1n) is 7.13. The number of thiazole rings is 1. The Bertz CT molecular complexity index is 559. The van der Waals surface area contributed by atoms with E-state index in [1.54, 1.807) is 11.3 Å². The molecule has 0 spiro atoms. The molecule has 2 atom stereocenters. The summed E-state index contributed by atoms with van der Waals surface area (Å²) in [6.45, 7) is 5.48. The van der Waals surface area contributed by atoms with Crippen LogP contribution in [0.3, 0.4) is 0 Å². The molecule has 3 rings (SSSR count). The van der Waals surface area contributed by atoms with E-state index in [-0.39, 0.29) is 0 Å². The van der Waals surface area contributed by atoms with Crippen LogP contribution in [-0.4, -0.2) is 28.5 Å². The van der Waals surface area contributed by atoms with Crippen LogP contribution < -0.4 is 10.2 Å². The van der Waals surface area contributed by atoms with Crippen LogP contribution in [0.5, 0.6) is 0 Å². The molecule has 4 nitrogen and oxygen atoms in total. The van der Waals surface area contributed by atoms with Crippen molar-refractivity contribution in [3.05, 3.63) is 17.3 Å². The topological polar surface area (TPSA) is 32.6 Å². The van der Waals surface area contributed by atoms with Gasteiger partial charge >= 0.3 is 0 Å². The van der Waals surface area contributed by atoms with Gasteiger partial charge in [0.15, 0.2) is 10.8 Å². The van der Waals surface area contributed by atoms with Crippen molar-refractivity contribution in [3.8, 4) is 0 Å². The summed E-state index contributed by atoms with van der Waals surface area (Å²) in [7, 11) is 2.00. The fraction of sp³-hybridized carbons (Fsp3) is 0.643. The van der Waals surface area contributed by atoms with Crippen molar-refractivity contribution in [2.75, 3.05) is 11.9 Å². The van der Waals surface area contributed by atoms with Crippen molar-refractivity contribution >= 4 is 22.1 Å². The molecule has 0 radical (unpaired) electrons. The number of rotatable bonds is 4. The van der Waals surface area contributed by atoms with Gasteiger partial charge in [-0.15, -0.1) is 11.3 Å². The van der Waals surface area contributed by atoms with Gasteiger partial charge in [-0.25, -0.2) is 4.98 Å². The van der Waals surface area contributed by atoms with Gasteiger partial charge in [0.1, 0.15) is 0 Å². The molecule has 0 amide bonds. The second kappa shape index (κ2) is 5.13. The van der Waals surface area contributed by atoms with Gasteiger partial charge in [0.05, 0.1) is 5.69 Å². The van der Waals surface area contributed by atoms with Crippen LogP contribution in [0.25, 0.3) is 4.96 Å². The van der Waals surface area contributed by atoms with Crippen LogP contribution in [0, 0.1) is 0 Å². The second-order valence-corrected chi connectivity index (χ2v) is 6.24. The maximum absolute atomic E-state index is 4.89. The van der Waals surface area contributed by atoms with E-state index in [0.717, 1.165) is 11.5 Å². The molecule has 0 aromatic carbocycles. The van der Waals surface area contributed by atoms with Crippen LogP contribution in [0.15, 0.2) is 11.6 Å². The fourth-order valence-corrected chi connectivity index (χ4v) is 3.94. The van der Waals surface area contributed by atoms with Gasteiger partial charge < -0.3 is 10.2 Å². The Balaban J connectivity index is 2.07. The quantitative estimate of drug-likeness (QED) is 0.933. The SMILES string of the molecule is CCC1CCC(C)N1c1nc2sccn2c1CNC. The van der Waals surface area contributed by atoms with Gasteiger partial charge in [-0.05, 0) is 33.2 Å². The zero-order valence-electron chi connectivity index (χ0n) is 11.9. The molecule has 0 bridgehead atoms. The summed E-state index contributed by atoms with van der Waals surface area (Å²) in [5.74, 6) is 1.19. The molecule has 1 aliphatic rings. The minimum Gasteiger partial charge on any atom is -0.349 e. The summed E-state index contributed by atoms with van der Waals surface area (Å²) in [4.78, 5) is 8.54. The highest BCUT2D eigenvalue weighted by molar-refractivity contribution is 7.15. The molecule has 2 unspecified atom stereocenters. The average Bonchev–Trinajstić information content (AvgIpc) is 3.05. The number of fused-ring (bicyclic) bond motifs is 1. The third-order valence-electron chi connectivity index (χ3n) is 4.19. The molecule has 2 aromatic heterocycles. The molecule has 0 aliphatic carbocycles. The van der Waals surface area contributed by atoms with E-state index in [4.69, 9.17) is 4.98 Å². The molecule has 1 fully saturated rings. The summed E-state index contributed by atoms with van der Waals surface area (Å²) in [6.07, 6.45) is 5.91. The number of hydrogen-bond acceptors (Lipinski definition) is 4. The first-order valence-corrected chi connectivity index (χ1v) is 8.01. The van der Waals surface area contributed by atoms with Crippen LogP contribution >= 0.6 is 11.3 Å². The van der Waals surface area contributed by atoms with Gasteiger partial charge in [0, 0.05) is 30.2 Å². The van der Waals surface area contributed by atoms with Gasteiger partial charge in [-0.2, -0.15) is 0 Å². The number of nitrogens with zero attached hydrogens (tertiary/aromatic N) is 3. The minimum absolute atomic E-state index is 0.602. The monoisotopic (exact) mass is 278 g/mol. The molecule has 1 saturated heterocycles. The summed E-state index contributed by atoms with van der Waals surface area (Å²) < 4.78 is 2.23. The maximum Gasteiger partial charge on any atom is 0.195 e. The van der Waals surface area contributed by atoms with Crippen molar-refractivity contribution in [1.82, 2.24) is 14.7 Å². The van der Waals surface area contributed by atoms with E-state index in [2.05, 4.69) is 40.0 Å². The van der Waals surface area contributed by atoms with Crippen LogP contribution in [0.2, 0.25) is 0 Å². The summed E-state index contributed by atoms with van der Waals surface area (Å²) >= 11 is 1.71. The zero-order chi connectivity index (χ0) is 13.4. The molecule has 2 aromatic rings. The molecule has 1 aliphatic heterocycles. The first-order chi connectivity index (χ1) is 9.26. The zero-order valence-corrected chi connectivity index (χ0v) is 12.7. The van der Waals surface area contributed by atoms with Crippen molar-refractivity contribution in [1.29, 1.82) is 0 Å². The van der Waals surface area contributed by atoms with Gasteiger partial charge in [0.25, 0.3) is 0 Å². The Labute approximate surface area is 118 Å². The minimum atomic E-state index is 0.602. The summed E-state index contributed by atoms with van der Waals surface area (Å²) in [5, 5.41) is 5.39. The summed E-state index contributed by atoms with van der Waals surface area (Å²) in [5.41, 5.74) is 1.30. The third kappa shape index (κ3) is 2.05. The Hall–Kier alpha value is -1.07. The standard InChI is InChI=1S/C14H22N4S/c1-4-11-6-5-10(2)18(11)13-12(9-15-3)17-7-8-19-14(17)16-13/h7-8,10-11,15H,4-6,9H2,1-3H3. The molecule has 19 heavy (non-hydrogen) atoms. The highest BCUT2D eigenvalue weighted by Crippen LogP contribution is 2.34. The normalized spacial score (nSPS) is 23.6. The van der Waals surface area contributed by atoms with Crippen molar-refractivity contribution in [2.45, 2.75) is 51.7 Å². The first kappa shape index (κ1) is 12.9. The molecule has 104 valence electrons. The highest BCUT2D eigenvalue weighted by Gasteiger charge is 2.33. The lowest BCUT2D eigenvalue weighted by Crippen LogP contribution is -2.35. The predicted octanol–water partition coefficient (Wildman–Crippen LogP) is 2.88. The Morgan fingerprint density at radius 2 is 2.32 bits per heavy atom. The highest BCUT2D eigenvalue weighted by atomic mass is 32.1. The molecule has 3 heterocycles. The van der Waals surface area contributed by atoms with Crippen LogP contribution in [0.1, 0.15) is 38.8 Å². The average molecular weight is 278 g/mol. The van der Waals surface area contributed by atoms with Crippen molar-refractivity contribution in [2.24, 2.45) is 0 Å². The number of aromatic nitrogens is 2. The molecular formula is C14H22N4S. The molecule has 1 N–H and O–H groups in total. The Morgan fingerprint density at radius 1 is 1.47 bits per heavy atom. The Morgan fingerprint density at radius 3 is 3.05 bits per heavy atom. The molecule has 0 saturated carbocycles. The van der Waals surface area contributed by atoms with E-state index >= 15 is 0 Å². The molecular weight excluding hydrogens is 256 g/mol. The lowest BCUT2D eigenvalue weighted by Gasteiger charge is -2.29. The third-order valence-corrected chi connectivity index (χ3v) is 4.94. The lowest BCUT2D eigenvalue weighted by atomic mass is 10.1. The Kier molecular flexibility index (Phi) is 3.50. The van der Waals surface area contributed by atoms with Gasteiger partial charge in [-0.3, -0.25) is 4.40 Å². The summed E-state index contributed by atoms with van der Waals surface area (Å²) in [6, 6.07) is 1.25. The van der Waals surface area contributed by atoms with Crippen LogP contribution in [-0.2, 0) is 6.54 Å². The van der Waals surface area contributed by atoms with E-state index in [1.807, 2.05) is 7.05 Å². The van der Waals surface area contributed by atoms with E-state index in [9.17, 15) is 0 Å². The van der Waals surface area contributed by atoms with E-state index in [1.165, 1.54) is 30.8 Å². The number of hydrogen-bond donors (Lipinski definition) is 1. The number of nitrogens with one attached hydrogen (secondary N) is 1. The smallest absolute Gasteiger partial charge is 0.195 e. The van der Waals surface area contributed by atoms with Crippen LogP contribution in [0.4, 0.5) is 5.82 Å². The van der Waals surface area contributed by atoms with Gasteiger partial charge in [-0.1, -0.05) is 6.92 Å². The van der Waals surface area contributed by atoms with Crippen molar-refractivity contribution in [3.63, 3.8) is 0 Å². The van der Waals surface area contributed by atoms with Gasteiger partial charge in [0.2, 0.25) is 0 Å². The fourth-order valence-electron chi connectivity index (χ4n) is 3.21. The second-order valence-electron chi connectivity index (χ2n) is 5.36. The largest absolute Gasteiger partial charge is 0.349 e. The molecule has 5 heteroatoms. The van der Waals surface area contributed by atoms with E-state index in [0.29, 0.717) is 12.1 Å². The van der Waals surface area contributed by atoms with E-state index < -0.39 is 0 Å². The lowest BCUT2D eigenvalue weighted by molar-refractivity contribution is 0.617.